The van der Waals surface area contributed by atoms with Gasteiger partial charge in [-0.15, -0.1) is 0 Å². The molecule has 0 aromatic heterocycles. The summed E-state index contributed by atoms with van der Waals surface area (Å²) in [5.41, 5.74) is 4.29. The molecule has 2 amide bonds. The lowest BCUT2D eigenvalue weighted by atomic mass is 10.0. The van der Waals surface area contributed by atoms with Crippen LogP contribution >= 0.6 is 19.4 Å². The molecule has 0 bridgehead atoms. The van der Waals surface area contributed by atoms with Crippen LogP contribution in [-0.4, -0.2) is 62.0 Å². The number of halogens is 1. The molecular weight excluding hydrogens is 577 g/mol. The summed E-state index contributed by atoms with van der Waals surface area (Å²) < 4.78 is 24.3. The number of carbonyl (C=O) groups is 2. The largest absolute Gasteiger partial charge is 0.472 e. The zero-order valence-electron chi connectivity index (χ0n) is 24.6. The van der Waals surface area contributed by atoms with Gasteiger partial charge in [0.1, 0.15) is 13.2 Å². The Balaban J connectivity index is 1.55. The number of anilines is 2. The second-order valence-corrected chi connectivity index (χ2v) is 13.4. The van der Waals surface area contributed by atoms with Crippen LogP contribution < -0.4 is 10.2 Å². The number of hydrogen-bond acceptors (Lipinski definition) is 5. The number of quaternary nitrogens is 1. The zero-order chi connectivity index (χ0) is 30.7. The highest BCUT2D eigenvalue weighted by molar-refractivity contribution is 7.47. The molecule has 0 aliphatic carbocycles. The van der Waals surface area contributed by atoms with Crippen molar-refractivity contribution in [3.63, 3.8) is 0 Å². The lowest BCUT2D eigenvalue weighted by molar-refractivity contribution is -0.870. The van der Waals surface area contributed by atoms with Gasteiger partial charge in [0, 0.05) is 39.6 Å². The van der Waals surface area contributed by atoms with Crippen LogP contribution in [0.15, 0.2) is 60.7 Å². The molecule has 11 heteroatoms. The van der Waals surface area contributed by atoms with Crippen molar-refractivity contribution >= 4 is 42.6 Å². The van der Waals surface area contributed by atoms with Gasteiger partial charge in [0.15, 0.2) is 0 Å². The number of likely N-dealkylation sites (N-methyl/N-ethyl adjacent to an activating group) is 1. The standard InChI is InChI=1S/C31H37ClN3O6P/c1-21-9-6-7-10-25(21)30(36)33-24-13-14-26(22(2)19-24)31(37)34-16-8-11-29(27-20-23(32)12-15-28(27)34)41-42(38,39)40-18-17-35(3,4)5/h6-7,9-10,12-15,19-20,29H,8,11,16-18H2,1-5H3,(H-,33,36,37,38,39)/p+1. The minimum absolute atomic E-state index is 0.0533. The van der Waals surface area contributed by atoms with Gasteiger partial charge in [0.05, 0.1) is 27.2 Å². The number of phosphoric ester groups is 1. The summed E-state index contributed by atoms with van der Waals surface area (Å²) in [6.07, 6.45) is 0.116. The van der Waals surface area contributed by atoms with Crippen LogP contribution in [0.1, 0.15) is 56.4 Å². The summed E-state index contributed by atoms with van der Waals surface area (Å²) in [5.74, 6) is -0.460. The van der Waals surface area contributed by atoms with Gasteiger partial charge in [-0.3, -0.25) is 18.6 Å². The predicted octanol–water partition coefficient (Wildman–Crippen LogP) is 6.53. The number of nitrogens with one attached hydrogen (secondary N) is 1. The molecule has 2 atom stereocenters. The van der Waals surface area contributed by atoms with E-state index < -0.39 is 13.9 Å². The third-order valence-corrected chi connectivity index (χ3v) is 8.37. The molecule has 42 heavy (non-hydrogen) atoms. The van der Waals surface area contributed by atoms with E-state index in [0.717, 1.165) is 5.56 Å². The number of benzene rings is 3. The normalized spacial score (nSPS) is 16.7. The van der Waals surface area contributed by atoms with Crippen molar-refractivity contribution in [2.24, 2.45) is 0 Å². The van der Waals surface area contributed by atoms with Crippen molar-refractivity contribution < 1.29 is 32.6 Å². The Morgan fingerprint density at radius 3 is 2.48 bits per heavy atom. The van der Waals surface area contributed by atoms with Crippen molar-refractivity contribution in [3.8, 4) is 0 Å². The topological polar surface area (TPSA) is 105 Å². The molecule has 3 aromatic carbocycles. The molecule has 0 spiro atoms. The van der Waals surface area contributed by atoms with Gasteiger partial charge in [-0.25, -0.2) is 4.57 Å². The Morgan fingerprint density at radius 2 is 1.79 bits per heavy atom. The van der Waals surface area contributed by atoms with E-state index >= 15 is 0 Å². The molecule has 4 rings (SSSR count). The average Bonchev–Trinajstić information content (AvgIpc) is 3.06. The number of carbonyl (C=O) groups excluding carboxylic acids is 2. The fourth-order valence-electron chi connectivity index (χ4n) is 4.83. The Hall–Kier alpha value is -3.04. The fraction of sp³-hybridized carbons (Fsp3) is 0.355. The number of aryl methyl sites for hydroxylation is 2. The van der Waals surface area contributed by atoms with Crippen molar-refractivity contribution in [2.75, 3.05) is 51.1 Å². The Labute approximate surface area is 252 Å². The quantitative estimate of drug-likeness (QED) is 0.210. The van der Waals surface area contributed by atoms with Crippen LogP contribution in [0.5, 0.6) is 0 Å². The minimum Gasteiger partial charge on any atom is -0.329 e. The third-order valence-electron chi connectivity index (χ3n) is 7.10. The monoisotopic (exact) mass is 614 g/mol. The van der Waals surface area contributed by atoms with Gasteiger partial charge < -0.3 is 19.6 Å². The van der Waals surface area contributed by atoms with Crippen molar-refractivity contribution in [1.29, 1.82) is 0 Å². The van der Waals surface area contributed by atoms with Crippen LogP contribution in [0.4, 0.5) is 11.4 Å². The van der Waals surface area contributed by atoms with Crippen LogP contribution in [0, 0.1) is 13.8 Å². The molecule has 0 saturated heterocycles. The molecule has 1 aliphatic rings. The average molecular weight is 615 g/mol. The maximum absolute atomic E-state index is 13.9. The highest BCUT2D eigenvalue weighted by Gasteiger charge is 2.34. The first-order valence-corrected chi connectivity index (χ1v) is 15.7. The van der Waals surface area contributed by atoms with Crippen LogP contribution in [0.3, 0.4) is 0 Å². The molecule has 3 aromatic rings. The second-order valence-electron chi connectivity index (χ2n) is 11.5. The number of rotatable bonds is 9. The third kappa shape index (κ3) is 8.07. The molecule has 1 aliphatic heterocycles. The molecule has 0 radical (unpaired) electrons. The maximum atomic E-state index is 13.9. The van der Waals surface area contributed by atoms with Crippen molar-refractivity contribution in [2.45, 2.75) is 32.8 Å². The van der Waals surface area contributed by atoms with Crippen LogP contribution in [0.25, 0.3) is 0 Å². The SMILES string of the molecule is Cc1ccccc1C(=O)Nc1ccc(C(=O)N2CCCC(OP(=O)(O)OCC[N+](C)(C)C)c3cc(Cl)ccc32)c(C)c1. The van der Waals surface area contributed by atoms with E-state index in [-0.39, 0.29) is 18.4 Å². The smallest absolute Gasteiger partial charge is 0.329 e. The molecule has 9 nitrogen and oxygen atoms in total. The van der Waals surface area contributed by atoms with E-state index in [1.54, 1.807) is 47.4 Å². The van der Waals surface area contributed by atoms with Crippen LogP contribution in [0.2, 0.25) is 5.02 Å². The summed E-state index contributed by atoms with van der Waals surface area (Å²) in [5, 5.41) is 3.33. The zero-order valence-corrected chi connectivity index (χ0v) is 26.2. The summed E-state index contributed by atoms with van der Waals surface area (Å²) in [7, 11) is 1.49. The predicted molar refractivity (Wildman–Crippen MR) is 165 cm³/mol. The lowest BCUT2D eigenvalue weighted by Gasteiger charge is -2.26. The molecule has 224 valence electrons. The highest BCUT2D eigenvalue weighted by atomic mass is 35.5. The number of hydrogen-bond donors (Lipinski definition) is 2. The van der Waals surface area contributed by atoms with E-state index in [1.165, 1.54) is 0 Å². The van der Waals surface area contributed by atoms with Gasteiger partial charge in [-0.1, -0.05) is 29.8 Å². The van der Waals surface area contributed by atoms with Gasteiger partial charge in [-0.2, -0.15) is 0 Å². The molecule has 0 fully saturated rings. The van der Waals surface area contributed by atoms with E-state index in [9.17, 15) is 19.0 Å². The van der Waals surface area contributed by atoms with Crippen molar-refractivity contribution in [3.05, 3.63) is 93.5 Å². The van der Waals surface area contributed by atoms with E-state index in [2.05, 4.69) is 5.32 Å². The molecule has 1 heterocycles. The van der Waals surface area contributed by atoms with Gasteiger partial charge in [0.25, 0.3) is 11.8 Å². The molecule has 2 N–H and O–H groups in total. The van der Waals surface area contributed by atoms with E-state index in [0.29, 0.717) is 69.1 Å². The number of amides is 2. The van der Waals surface area contributed by atoms with Gasteiger partial charge >= 0.3 is 7.82 Å². The summed E-state index contributed by atoms with van der Waals surface area (Å²) >= 11 is 6.32. The Bertz CT molecular complexity index is 1520. The van der Waals surface area contributed by atoms with E-state index in [4.69, 9.17) is 20.6 Å². The Morgan fingerprint density at radius 1 is 1.05 bits per heavy atom. The van der Waals surface area contributed by atoms with Gasteiger partial charge in [-0.05, 0) is 80.3 Å². The van der Waals surface area contributed by atoms with Gasteiger partial charge in [0.2, 0.25) is 0 Å². The maximum Gasteiger partial charge on any atom is 0.472 e. The molecular formula is C31H38ClN3O6P+. The van der Waals surface area contributed by atoms with Crippen molar-refractivity contribution in [1.82, 2.24) is 0 Å². The fourth-order valence-corrected chi connectivity index (χ4v) is 5.93. The first kappa shape index (κ1) is 31.9. The minimum atomic E-state index is -4.38. The molecule has 0 saturated carbocycles. The van der Waals surface area contributed by atoms with Crippen LogP contribution in [-0.2, 0) is 13.6 Å². The number of nitrogens with zero attached hydrogens (tertiary/aromatic N) is 2. The second kappa shape index (κ2) is 13.1. The summed E-state index contributed by atoms with van der Waals surface area (Å²) in [4.78, 5) is 38.8. The number of fused-ring (bicyclic) bond motifs is 1. The first-order chi connectivity index (χ1) is 19.7. The summed E-state index contributed by atoms with van der Waals surface area (Å²) in [6, 6.07) is 17.6. The molecule has 2 unspecified atom stereocenters. The lowest BCUT2D eigenvalue weighted by Crippen LogP contribution is -2.37. The number of phosphoric acid groups is 1. The van der Waals surface area contributed by atoms with E-state index in [1.807, 2.05) is 53.2 Å². The highest BCUT2D eigenvalue weighted by Crippen LogP contribution is 2.51. The summed E-state index contributed by atoms with van der Waals surface area (Å²) in [6.45, 7) is 4.65. The first-order valence-electron chi connectivity index (χ1n) is 13.8. The Kier molecular flexibility index (Phi) is 9.93.